The molecule has 0 saturated heterocycles. The molecule has 8 nitrogen and oxygen atoms in total. The second-order valence-electron chi connectivity index (χ2n) is 2.32. The molecule has 8 heteroatoms. The zero-order chi connectivity index (χ0) is 14.6. The maximum absolute atomic E-state index is 10.5. The van der Waals surface area contributed by atoms with E-state index in [4.69, 9.17) is 29.4 Å². The van der Waals surface area contributed by atoms with Crippen LogP contribution >= 0.6 is 0 Å². The first-order valence-corrected chi connectivity index (χ1v) is 4.00. The minimum atomic E-state index is -1.23. The maximum Gasteiger partial charge on any atom is 0.373 e. The minimum absolute atomic E-state index is 0.190. The fourth-order valence-electron chi connectivity index (χ4n) is 0.856. The molecular formula is C10H6O8. The number of aromatic carboxylic acids is 2. The standard InChI is InChI=1S/C8H6O4.2CO2/c9-7(10)5-3-1-2-4-6(5)8(11)12;2*2-1-3/h1-4H,(H,9,10)(H,11,12);;. The molecule has 0 bridgehead atoms. The Hall–Kier alpha value is -3.08. The molecule has 0 atom stereocenters. The van der Waals surface area contributed by atoms with Crippen LogP contribution in [0.3, 0.4) is 0 Å². The zero-order valence-corrected chi connectivity index (χ0v) is 8.65. The number of carbonyl (C=O) groups excluding carboxylic acids is 4. The maximum atomic E-state index is 10.5. The van der Waals surface area contributed by atoms with Crippen molar-refractivity contribution in [3.63, 3.8) is 0 Å². The van der Waals surface area contributed by atoms with E-state index in [1.807, 2.05) is 0 Å². The number of hydrogen-bond acceptors (Lipinski definition) is 6. The molecule has 2 N–H and O–H groups in total. The summed E-state index contributed by atoms with van der Waals surface area (Å²) in [5.41, 5.74) is -0.380. The van der Waals surface area contributed by atoms with Crippen LogP contribution in [0.1, 0.15) is 20.7 Å². The molecule has 0 radical (unpaired) electrons. The van der Waals surface area contributed by atoms with Crippen LogP contribution < -0.4 is 0 Å². The van der Waals surface area contributed by atoms with Crippen LogP contribution in [0, 0.1) is 0 Å². The van der Waals surface area contributed by atoms with Crippen LogP contribution in [-0.4, -0.2) is 34.5 Å². The highest BCUT2D eigenvalue weighted by Gasteiger charge is 2.13. The number of carboxylic acid groups (broad SMARTS) is 2. The van der Waals surface area contributed by atoms with Crippen molar-refractivity contribution in [3.05, 3.63) is 35.4 Å². The van der Waals surface area contributed by atoms with Gasteiger partial charge in [-0.05, 0) is 12.1 Å². The first-order valence-electron chi connectivity index (χ1n) is 4.00. The van der Waals surface area contributed by atoms with Crippen LogP contribution in [0.4, 0.5) is 0 Å². The lowest BCUT2D eigenvalue weighted by Gasteiger charge is -1.98. The third-order valence-electron chi connectivity index (χ3n) is 1.39. The van der Waals surface area contributed by atoms with Gasteiger partial charge in [-0.25, -0.2) is 9.59 Å². The molecule has 18 heavy (non-hydrogen) atoms. The predicted octanol–water partition coefficient (Wildman–Crippen LogP) is -0.0840. The van der Waals surface area contributed by atoms with Gasteiger partial charge in [0.2, 0.25) is 0 Å². The zero-order valence-electron chi connectivity index (χ0n) is 8.65. The monoisotopic (exact) mass is 254 g/mol. The van der Waals surface area contributed by atoms with Crippen molar-refractivity contribution in [2.24, 2.45) is 0 Å². The molecule has 94 valence electrons. The summed E-state index contributed by atoms with van der Waals surface area (Å²) in [6.07, 6.45) is 0.500. The summed E-state index contributed by atoms with van der Waals surface area (Å²) >= 11 is 0. The lowest BCUT2D eigenvalue weighted by Crippen LogP contribution is -2.06. The van der Waals surface area contributed by atoms with Crippen LogP contribution in [-0.2, 0) is 19.2 Å². The van der Waals surface area contributed by atoms with Gasteiger partial charge in [0.15, 0.2) is 0 Å². The van der Waals surface area contributed by atoms with Gasteiger partial charge in [0.25, 0.3) is 0 Å². The van der Waals surface area contributed by atoms with Crippen molar-refractivity contribution in [2.75, 3.05) is 0 Å². The number of rotatable bonds is 2. The van der Waals surface area contributed by atoms with Gasteiger partial charge in [-0.2, -0.15) is 19.2 Å². The fraction of sp³-hybridized carbons (Fsp3) is 0. The highest BCUT2D eigenvalue weighted by atomic mass is 16.4. The van der Waals surface area contributed by atoms with Gasteiger partial charge >= 0.3 is 24.2 Å². The second-order valence-corrected chi connectivity index (χ2v) is 2.32. The molecule has 1 rings (SSSR count). The third kappa shape index (κ3) is 7.24. The van der Waals surface area contributed by atoms with E-state index in [0.717, 1.165) is 0 Å². The first-order chi connectivity index (χ1) is 8.45. The Morgan fingerprint density at radius 3 is 1.17 bits per heavy atom. The third-order valence-corrected chi connectivity index (χ3v) is 1.39. The van der Waals surface area contributed by atoms with Gasteiger partial charge in [-0.1, -0.05) is 12.1 Å². The second kappa shape index (κ2) is 10.4. The van der Waals surface area contributed by atoms with Crippen LogP contribution in [0.5, 0.6) is 0 Å². The molecule has 0 amide bonds. The largest absolute Gasteiger partial charge is 0.478 e. The van der Waals surface area contributed by atoms with Crippen molar-refractivity contribution in [1.29, 1.82) is 0 Å². The molecular weight excluding hydrogens is 248 g/mol. The Morgan fingerprint density at radius 1 is 0.778 bits per heavy atom. The Kier molecular flexibility index (Phi) is 10.0. The van der Waals surface area contributed by atoms with E-state index in [-0.39, 0.29) is 23.4 Å². The number of carboxylic acids is 2. The van der Waals surface area contributed by atoms with E-state index < -0.39 is 11.9 Å². The highest BCUT2D eigenvalue weighted by molar-refractivity contribution is 6.01. The molecule has 1 aromatic carbocycles. The van der Waals surface area contributed by atoms with Crippen molar-refractivity contribution in [3.8, 4) is 0 Å². The highest BCUT2D eigenvalue weighted by Crippen LogP contribution is 2.07. The van der Waals surface area contributed by atoms with Crippen molar-refractivity contribution in [2.45, 2.75) is 0 Å². The topological polar surface area (TPSA) is 143 Å². The summed E-state index contributed by atoms with van der Waals surface area (Å²) in [5, 5.41) is 17.1. The van der Waals surface area contributed by atoms with Gasteiger partial charge in [-0.3, -0.25) is 0 Å². The quantitative estimate of drug-likeness (QED) is 0.745. The Morgan fingerprint density at radius 2 is 1.00 bits per heavy atom. The van der Waals surface area contributed by atoms with Gasteiger partial charge in [-0.15, -0.1) is 0 Å². The average Bonchev–Trinajstić information content (AvgIpc) is 2.31. The molecule has 0 fully saturated rings. The molecule has 0 aliphatic heterocycles. The van der Waals surface area contributed by atoms with Crippen molar-refractivity contribution in [1.82, 2.24) is 0 Å². The molecule has 0 saturated carbocycles. The molecule has 0 aromatic heterocycles. The average molecular weight is 254 g/mol. The van der Waals surface area contributed by atoms with E-state index in [1.54, 1.807) is 0 Å². The smallest absolute Gasteiger partial charge is 0.373 e. The van der Waals surface area contributed by atoms with Crippen LogP contribution in [0.25, 0.3) is 0 Å². The van der Waals surface area contributed by atoms with Crippen molar-refractivity contribution < 1.29 is 39.0 Å². The van der Waals surface area contributed by atoms with E-state index >= 15 is 0 Å². The SMILES string of the molecule is O=C(O)c1ccccc1C(=O)O.O=C=O.O=C=O. The molecule has 0 spiro atoms. The van der Waals surface area contributed by atoms with Gasteiger partial charge in [0, 0.05) is 0 Å². The Labute approximate surface area is 99.5 Å². The summed E-state index contributed by atoms with van der Waals surface area (Å²) in [6.45, 7) is 0. The minimum Gasteiger partial charge on any atom is -0.478 e. The summed E-state index contributed by atoms with van der Waals surface area (Å²) in [6, 6.07) is 5.48. The van der Waals surface area contributed by atoms with Crippen molar-refractivity contribution >= 4 is 24.2 Å². The number of hydrogen-bond donors (Lipinski definition) is 2. The number of benzene rings is 1. The molecule has 1 aromatic rings. The normalized spacial score (nSPS) is 7.11. The van der Waals surface area contributed by atoms with Gasteiger partial charge in [0.05, 0.1) is 11.1 Å². The molecule has 0 unspecified atom stereocenters. The predicted molar refractivity (Wildman–Crippen MR) is 50.4 cm³/mol. The van der Waals surface area contributed by atoms with E-state index in [1.165, 1.54) is 24.3 Å². The number of carbonyl (C=O) groups is 2. The van der Waals surface area contributed by atoms with Gasteiger partial charge in [0.1, 0.15) is 0 Å². The molecule has 0 heterocycles. The van der Waals surface area contributed by atoms with E-state index in [0.29, 0.717) is 0 Å². The van der Waals surface area contributed by atoms with Gasteiger partial charge < -0.3 is 10.2 Å². The van der Waals surface area contributed by atoms with E-state index in [9.17, 15) is 9.59 Å². The lowest BCUT2D eigenvalue weighted by molar-refractivity contribution is -0.193. The molecule has 0 aliphatic rings. The fourth-order valence-corrected chi connectivity index (χ4v) is 0.856. The summed E-state index contributed by atoms with van der Waals surface area (Å²) in [7, 11) is 0. The summed E-state index contributed by atoms with van der Waals surface area (Å²) in [5.74, 6) is -2.46. The van der Waals surface area contributed by atoms with Crippen LogP contribution in [0.2, 0.25) is 0 Å². The lowest BCUT2D eigenvalue weighted by atomic mass is 10.1. The summed E-state index contributed by atoms with van der Waals surface area (Å²) in [4.78, 5) is 53.4. The Bertz CT molecular complexity index is 433. The first kappa shape index (κ1) is 17.3. The Balaban J connectivity index is 0. The van der Waals surface area contributed by atoms with E-state index in [2.05, 4.69) is 0 Å². The summed E-state index contributed by atoms with van der Waals surface area (Å²) < 4.78 is 0. The molecule has 0 aliphatic carbocycles. The van der Waals surface area contributed by atoms with Crippen LogP contribution in [0.15, 0.2) is 24.3 Å².